The molecule has 0 fully saturated rings. The highest BCUT2D eigenvalue weighted by atomic mass is 15.2. The van der Waals surface area contributed by atoms with E-state index in [-0.39, 0.29) is 0 Å². The van der Waals surface area contributed by atoms with Crippen molar-refractivity contribution in [2.45, 2.75) is 19.9 Å². The van der Waals surface area contributed by atoms with E-state index in [2.05, 4.69) is 66.6 Å². The lowest BCUT2D eigenvalue weighted by atomic mass is 10.0. The Balaban J connectivity index is 2.07. The van der Waals surface area contributed by atoms with E-state index in [1.165, 1.54) is 22.4 Å². The summed E-state index contributed by atoms with van der Waals surface area (Å²) in [5.74, 6) is 0. The molecule has 2 aromatic carbocycles. The minimum absolute atomic E-state index is 0.908. The fraction of sp³-hybridized carbons (Fsp3) is 0.167. The molecular weight excluding hydrogens is 230 g/mol. The summed E-state index contributed by atoms with van der Waals surface area (Å²) < 4.78 is 0. The standard InChI is InChI=1S/C18H17N/c1-3-14-10-11-17-15(12-14)13-19(18(17)4-2)16-8-6-5-7-9-16/h5-12H,2-3,13H2,1H3. The van der Waals surface area contributed by atoms with Gasteiger partial charge in [-0.1, -0.05) is 49.9 Å². The number of nitrogens with zero attached hydrogens (tertiary/aromatic N) is 1. The van der Waals surface area contributed by atoms with Crippen molar-refractivity contribution in [3.8, 4) is 0 Å². The summed E-state index contributed by atoms with van der Waals surface area (Å²) in [6.07, 6.45) is 1.08. The van der Waals surface area contributed by atoms with Gasteiger partial charge in [-0.2, -0.15) is 0 Å². The third kappa shape index (κ3) is 1.99. The predicted octanol–water partition coefficient (Wildman–Crippen LogP) is 4.40. The molecule has 1 aliphatic heterocycles. The van der Waals surface area contributed by atoms with Crippen molar-refractivity contribution in [1.29, 1.82) is 0 Å². The van der Waals surface area contributed by atoms with Gasteiger partial charge in [-0.3, -0.25) is 0 Å². The third-order valence-corrected chi connectivity index (χ3v) is 3.67. The molecule has 0 radical (unpaired) electrons. The van der Waals surface area contributed by atoms with Gasteiger partial charge in [-0.15, -0.1) is 5.73 Å². The fourth-order valence-corrected chi connectivity index (χ4v) is 2.64. The van der Waals surface area contributed by atoms with Crippen molar-refractivity contribution in [2.75, 3.05) is 4.90 Å². The zero-order chi connectivity index (χ0) is 13.2. The molecule has 0 atom stereocenters. The minimum Gasteiger partial charge on any atom is -0.330 e. The second kappa shape index (κ2) is 4.79. The van der Waals surface area contributed by atoms with Gasteiger partial charge in [0.15, 0.2) is 0 Å². The van der Waals surface area contributed by atoms with Crippen molar-refractivity contribution in [1.82, 2.24) is 0 Å². The maximum atomic E-state index is 3.86. The Kier molecular flexibility index (Phi) is 2.98. The zero-order valence-electron chi connectivity index (χ0n) is 11.2. The normalized spacial score (nSPS) is 13.3. The van der Waals surface area contributed by atoms with Gasteiger partial charge in [0.1, 0.15) is 0 Å². The quantitative estimate of drug-likeness (QED) is 0.711. The van der Waals surface area contributed by atoms with Gasteiger partial charge in [-0.25, -0.2) is 0 Å². The average Bonchev–Trinajstić information content (AvgIpc) is 2.85. The van der Waals surface area contributed by atoms with Crippen molar-refractivity contribution >= 4 is 11.4 Å². The van der Waals surface area contributed by atoms with Crippen LogP contribution in [-0.4, -0.2) is 0 Å². The number of fused-ring (bicyclic) bond motifs is 1. The number of hydrogen-bond acceptors (Lipinski definition) is 1. The molecule has 1 aliphatic rings. The number of aryl methyl sites for hydroxylation is 1. The molecule has 0 unspecified atom stereocenters. The molecule has 0 N–H and O–H groups in total. The molecule has 0 aromatic heterocycles. The first-order valence-corrected chi connectivity index (χ1v) is 6.68. The molecule has 1 heteroatoms. The molecule has 0 saturated heterocycles. The summed E-state index contributed by atoms with van der Waals surface area (Å²) in [5, 5.41) is 0. The summed E-state index contributed by atoms with van der Waals surface area (Å²) in [6.45, 7) is 6.95. The third-order valence-electron chi connectivity index (χ3n) is 3.67. The zero-order valence-corrected chi connectivity index (χ0v) is 11.2. The number of rotatable bonds is 2. The van der Waals surface area contributed by atoms with Crippen LogP contribution in [0.2, 0.25) is 0 Å². The minimum atomic E-state index is 0.908. The molecular formula is C18H17N. The largest absolute Gasteiger partial charge is 0.330 e. The van der Waals surface area contributed by atoms with Crippen LogP contribution in [0.4, 0.5) is 5.69 Å². The number of para-hydroxylation sites is 1. The Labute approximate surface area is 114 Å². The monoisotopic (exact) mass is 247 g/mol. The van der Waals surface area contributed by atoms with Gasteiger partial charge in [0.25, 0.3) is 0 Å². The molecule has 0 saturated carbocycles. The van der Waals surface area contributed by atoms with E-state index in [9.17, 15) is 0 Å². The van der Waals surface area contributed by atoms with Crippen LogP contribution in [0.5, 0.6) is 0 Å². The molecule has 3 rings (SSSR count). The smallest absolute Gasteiger partial charge is 0.0918 e. The van der Waals surface area contributed by atoms with Crippen LogP contribution in [-0.2, 0) is 13.0 Å². The Morgan fingerprint density at radius 1 is 1.16 bits per heavy atom. The van der Waals surface area contributed by atoms with Crippen molar-refractivity contribution in [3.05, 3.63) is 77.5 Å². The van der Waals surface area contributed by atoms with Crippen LogP contribution >= 0.6 is 0 Å². The molecule has 0 aliphatic carbocycles. The van der Waals surface area contributed by atoms with E-state index >= 15 is 0 Å². The maximum Gasteiger partial charge on any atom is 0.0918 e. The van der Waals surface area contributed by atoms with E-state index in [0.29, 0.717) is 0 Å². The number of hydrogen-bond donors (Lipinski definition) is 0. The van der Waals surface area contributed by atoms with E-state index in [0.717, 1.165) is 18.7 Å². The van der Waals surface area contributed by atoms with E-state index in [1.807, 2.05) is 6.07 Å². The second-order valence-corrected chi connectivity index (χ2v) is 4.79. The molecule has 94 valence electrons. The number of benzene rings is 2. The van der Waals surface area contributed by atoms with Gasteiger partial charge in [0, 0.05) is 17.8 Å². The molecule has 1 nitrogen and oxygen atoms in total. The lowest BCUT2D eigenvalue weighted by molar-refractivity contribution is 1.03. The topological polar surface area (TPSA) is 3.24 Å². The summed E-state index contributed by atoms with van der Waals surface area (Å²) in [7, 11) is 0. The first-order valence-electron chi connectivity index (χ1n) is 6.68. The van der Waals surface area contributed by atoms with Crippen LogP contribution < -0.4 is 4.90 Å². The Morgan fingerprint density at radius 2 is 1.95 bits per heavy atom. The van der Waals surface area contributed by atoms with Crippen molar-refractivity contribution in [2.24, 2.45) is 0 Å². The van der Waals surface area contributed by atoms with E-state index in [4.69, 9.17) is 0 Å². The second-order valence-electron chi connectivity index (χ2n) is 4.79. The summed E-state index contributed by atoms with van der Waals surface area (Å²) in [5.41, 5.74) is 9.40. The average molecular weight is 247 g/mol. The van der Waals surface area contributed by atoms with Crippen LogP contribution in [0.25, 0.3) is 5.70 Å². The maximum absolute atomic E-state index is 3.86. The lowest BCUT2D eigenvalue weighted by Gasteiger charge is -2.18. The van der Waals surface area contributed by atoms with Crippen LogP contribution in [0.1, 0.15) is 23.6 Å². The SMILES string of the molecule is C=C=C1c2ccc(CC)cc2CN1c1ccccc1. The van der Waals surface area contributed by atoms with Crippen LogP contribution in [0.3, 0.4) is 0 Å². The van der Waals surface area contributed by atoms with Gasteiger partial charge in [0.2, 0.25) is 0 Å². The highest BCUT2D eigenvalue weighted by Crippen LogP contribution is 2.36. The van der Waals surface area contributed by atoms with Crippen molar-refractivity contribution < 1.29 is 0 Å². The Hall–Kier alpha value is -2.24. The summed E-state index contributed by atoms with van der Waals surface area (Å²) >= 11 is 0. The summed E-state index contributed by atoms with van der Waals surface area (Å²) in [6, 6.07) is 17.1. The number of anilines is 1. The molecule has 1 heterocycles. The molecule has 0 bridgehead atoms. The van der Waals surface area contributed by atoms with Gasteiger partial charge >= 0.3 is 0 Å². The molecule has 0 amide bonds. The molecule has 19 heavy (non-hydrogen) atoms. The first-order chi connectivity index (χ1) is 9.33. The first kappa shape index (κ1) is 11.8. The van der Waals surface area contributed by atoms with Crippen LogP contribution in [0, 0.1) is 0 Å². The Bertz CT molecular complexity index is 649. The predicted molar refractivity (Wildman–Crippen MR) is 81.0 cm³/mol. The Morgan fingerprint density at radius 3 is 2.63 bits per heavy atom. The highest BCUT2D eigenvalue weighted by Gasteiger charge is 2.24. The van der Waals surface area contributed by atoms with Gasteiger partial charge < -0.3 is 4.90 Å². The van der Waals surface area contributed by atoms with Gasteiger partial charge in [0.05, 0.1) is 5.70 Å². The van der Waals surface area contributed by atoms with Crippen molar-refractivity contribution in [3.63, 3.8) is 0 Å². The molecule has 2 aromatic rings. The fourth-order valence-electron chi connectivity index (χ4n) is 2.64. The highest BCUT2D eigenvalue weighted by molar-refractivity contribution is 5.84. The van der Waals surface area contributed by atoms with Crippen LogP contribution in [0.15, 0.2) is 60.8 Å². The lowest BCUT2D eigenvalue weighted by Crippen LogP contribution is -2.12. The summed E-state index contributed by atoms with van der Waals surface area (Å²) in [4.78, 5) is 2.27. The molecule has 0 spiro atoms. The van der Waals surface area contributed by atoms with Gasteiger partial charge in [-0.05, 0) is 29.7 Å². The van der Waals surface area contributed by atoms with E-state index in [1.54, 1.807) is 0 Å². The van der Waals surface area contributed by atoms with E-state index < -0.39 is 0 Å².